The summed E-state index contributed by atoms with van der Waals surface area (Å²) in [4.78, 5) is 28.8. The maximum atomic E-state index is 12.8. The van der Waals surface area contributed by atoms with E-state index < -0.39 is 11.4 Å². The first kappa shape index (κ1) is 18.6. The summed E-state index contributed by atoms with van der Waals surface area (Å²) in [5.41, 5.74) is -0.659. The highest BCUT2D eigenvalue weighted by atomic mass is 16.4. The van der Waals surface area contributed by atoms with E-state index in [-0.39, 0.29) is 17.2 Å². The van der Waals surface area contributed by atoms with Crippen LogP contribution < -0.4 is 5.43 Å². The number of carbonyl (C=O) groups is 1. The van der Waals surface area contributed by atoms with Crippen molar-refractivity contribution in [3.05, 3.63) is 46.1 Å². The van der Waals surface area contributed by atoms with Gasteiger partial charge >= 0.3 is 5.97 Å². The molecule has 3 heterocycles. The second-order valence-corrected chi connectivity index (χ2v) is 6.65. The zero-order chi connectivity index (χ0) is 19.7. The monoisotopic (exact) mass is 370 g/mol. The highest BCUT2D eigenvalue weighted by Crippen LogP contribution is 2.23. The van der Waals surface area contributed by atoms with E-state index in [2.05, 4.69) is 10.1 Å². The zero-order valence-electron chi connectivity index (χ0n) is 15.8. The molecule has 0 aromatic carbocycles. The third-order valence-electron chi connectivity index (χ3n) is 4.18. The van der Waals surface area contributed by atoms with Crippen molar-refractivity contribution in [2.24, 2.45) is 0 Å². The number of hydrogen-bond donors (Lipinski definition) is 1. The van der Waals surface area contributed by atoms with Crippen molar-refractivity contribution < 1.29 is 14.3 Å². The Morgan fingerprint density at radius 2 is 2.04 bits per heavy atom. The van der Waals surface area contributed by atoms with Gasteiger partial charge in [0, 0.05) is 25.0 Å². The lowest BCUT2D eigenvalue weighted by Crippen LogP contribution is -2.22. The van der Waals surface area contributed by atoms with Gasteiger partial charge in [-0.25, -0.2) is 14.5 Å². The predicted octanol–water partition coefficient (Wildman–Crippen LogP) is 3.36. The molecule has 0 spiro atoms. The van der Waals surface area contributed by atoms with E-state index in [1.54, 1.807) is 21.5 Å². The van der Waals surface area contributed by atoms with Gasteiger partial charge in [0.1, 0.15) is 11.3 Å². The Bertz CT molecular complexity index is 1040. The molecule has 0 atom stereocenters. The van der Waals surface area contributed by atoms with Crippen LogP contribution in [0.2, 0.25) is 0 Å². The number of aromatic carboxylic acids is 1. The maximum Gasteiger partial charge on any atom is 0.341 e. The van der Waals surface area contributed by atoms with Crippen LogP contribution in [0.25, 0.3) is 23.0 Å². The minimum atomic E-state index is -1.26. The summed E-state index contributed by atoms with van der Waals surface area (Å²) in [6, 6.07) is 3.56. The molecule has 0 unspecified atom stereocenters. The molecule has 0 amide bonds. The number of aryl methyl sites for hydroxylation is 2. The topological polar surface area (TPSA) is 103 Å². The number of nitrogens with zero attached hydrogens (tertiary/aromatic N) is 4. The molecule has 3 rings (SSSR count). The number of pyridine rings is 1. The normalized spacial score (nSPS) is 11.3. The molecule has 0 saturated heterocycles. The lowest BCUT2D eigenvalue weighted by Gasteiger charge is -2.14. The lowest BCUT2D eigenvalue weighted by atomic mass is 10.1. The number of carboxylic acid groups (broad SMARTS) is 1. The molecule has 27 heavy (non-hydrogen) atoms. The Labute approximate surface area is 156 Å². The third kappa shape index (κ3) is 3.55. The molecule has 0 bridgehead atoms. The van der Waals surface area contributed by atoms with Gasteiger partial charge in [0.05, 0.1) is 5.56 Å². The lowest BCUT2D eigenvalue weighted by molar-refractivity contribution is 0.0694. The van der Waals surface area contributed by atoms with Crippen molar-refractivity contribution in [2.45, 2.75) is 46.7 Å². The Balaban J connectivity index is 2.24. The van der Waals surface area contributed by atoms with Gasteiger partial charge in [0.25, 0.3) is 0 Å². The van der Waals surface area contributed by atoms with Gasteiger partial charge in [-0.05, 0) is 39.3 Å². The first-order valence-corrected chi connectivity index (χ1v) is 8.83. The molecule has 1 N–H and O–H groups in total. The van der Waals surface area contributed by atoms with Gasteiger partial charge in [-0.15, -0.1) is 5.10 Å². The average molecular weight is 370 g/mol. The summed E-state index contributed by atoms with van der Waals surface area (Å²) in [6.45, 7) is 8.18. The molecule has 3 aromatic rings. The van der Waals surface area contributed by atoms with Crippen LogP contribution in [0.3, 0.4) is 0 Å². The van der Waals surface area contributed by atoms with Gasteiger partial charge in [0.2, 0.25) is 11.3 Å². The molecule has 3 aromatic heterocycles. The molecule has 8 nitrogen and oxygen atoms in total. The summed E-state index contributed by atoms with van der Waals surface area (Å²) in [5, 5.41) is 13.9. The van der Waals surface area contributed by atoms with Crippen LogP contribution in [0, 0.1) is 6.92 Å². The fourth-order valence-corrected chi connectivity index (χ4v) is 2.78. The minimum absolute atomic E-state index is 0.0165. The molecule has 8 heteroatoms. The molecule has 0 aliphatic rings. The van der Waals surface area contributed by atoms with Gasteiger partial charge < -0.3 is 14.1 Å². The minimum Gasteiger partial charge on any atom is -0.477 e. The SMILES string of the molecule is CCCn1nc(-c2ccc(C)o2)nc1-c1cn(C(C)C)cc(C(=O)O)c1=O. The van der Waals surface area contributed by atoms with E-state index in [1.807, 2.05) is 33.8 Å². The van der Waals surface area contributed by atoms with Crippen LogP contribution >= 0.6 is 0 Å². The van der Waals surface area contributed by atoms with E-state index in [0.29, 0.717) is 24.0 Å². The van der Waals surface area contributed by atoms with Gasteiger partial charge in [-0.1, -0.05) is 6.92 Å². The number of rotatable bonds is 6. The molecule has 0 radical (unpaired) electrons. The highest BCUT2D eigenvalue weighted by molar-refractivity contribution is 5.88. The average Bonchev–Trinajstić information content (AvgIpc) is 3.21. The molecule has 0 saturated carbocycles. The van der Waals surface area contributed by atoms with E-state index in [4.69, 9.17) is 4.42 Å². The Morgan fingerprint density at radius 3 is 2.59 bits per heavy atom. The number of aromatic nitrogens is 4. The Hall–Kier alpha value is -3.16. The van der Waals surface area contributed by atoms with Crippen LogP contribution in [0.1, 0.15) is 49.4 Å². The fourth-order valence-electron chi connectivity index (χ4n) is 2.78. The summed E-state index contributed by atoms with van der Waals surface area (Å²) in [6.07, 6.45) is 3.77. The summed E-state index contributed by atoms with van der Waals surface area (Å²) >= 11 is 0. The Morgan fingerprint density at radius 1 is 1.30 bits per heavy atom. The molecular formula is C19H22N4O4. The number of carboxylic acids is 1. The summed E-state index contributed by atoms with van der Waals surface area (Å²) < 4.78 is 8.91. The van der Waals surface area contributed by atoms with Crippen molar-refractivity contribution in [3.8, 4) is 23.0 Å². The zero-order valence-corrected chi connectivity index (χ0v) is 15.8. The molecule has 0 fully saturated rings. The predicted molar refractivity (Wildman–Crippen MR) is 99.8 cm³/mol. The van der Waals surface area contributed by atoms with Crippen molar-refractivity contribution >= 4 is 5.97 Å². The van der Waals surface area contributed by atoms with Crippen molar-refractivity contribution in [1.29, 1.82) is 0 Å². The molecule has 142 valence electrons. The van der Waals surface area contributed by atoms with Crippen molar-refractivity contribution in [1.82, 2.24) is 19.3 Å². The van der Waals surface area contributed by atoms with Crippen molar-refractivity contribution in [2.75, 3.05) is 0 Å². The first-order chi connectivity index (χ1) is 12.8. The van der Waals surface area contributed by atoms with Crippen molar-refractivity contribution in [3.63, 3.8) is 0 Å². The first-order valence-electron chi connectivity index (χ1n) is 8.83. The van der Waals surface area contributed by atoms with Gasteiger partial charge in [-0.3, -0.25) is 4.79 Å². The van der Waals surface area contributed by atoms with E-state index in [1.165, 1.54) is 6.20 Å². The van der Waals surface area contributed by atoms with E-state index in [9.17, 15) is 14.7 Å². The summed E-state index contributed by atoms with van der Waals surface area (Å²) in [5.74, 6) is 0.668. The van der Waals surface area contributed by atoms with E-state index >= 15 is 0 Å². The molecule has 0 aliphatic heterocycles. The quantitative estimate of drug-likeness (QED) is 0.713. The Kier molecular flexibility index (Phi) is 4.98. The molecular weight excluding hydrogens is 348 g/mol. The van der Waals surface area contributed by atoms with Crippen LogP contribution in [-0.2, 0) is 6.54 Å². The summed E-state index contributed by atoms with van der Waals surface area (Å²) in [7, 11) is 0. The van der Waals surface area contributed by atoms with Gasteiger partial charge in [0.15, 0.2) is 11.6 Å². The highest BCUT2D eigenvalue weighted by Gasteiger charge is 2.22. The number of hydrogen-bond acceptors (Lipinski definition) is 5. The van der Waals surface area contributed by atoms with Gasteiger partial charge in [-0.2, -0.15) is 0 Å². The standard InChI is InChI=1S/C19H22N4O4/c1-5-8-23-18(20-17(21-23)15-7-6-12(4)27-15)13-9-22(11(2)3)10-14(16(13)24)19(25)26/h6-7,9-11H,5,8H2,1-4H3,(H,25,26). The second kappa shape index (κ2) is 7.22. The van der Waals surface area contributed by atoms with Crippen LogP contribution in [0.15, 0.2) is 33.7 Å². The number of furan rings is 1. The van der Waals surface area contributed by atoms with Crippen LogP contribution in [-0.4, -0.2) is 30.4 Å². The third-order valence-corrected chi connectivity index (χ3v) is 4.18. The smallest absolute Gasteiger partial charge is 0.341 e. The fraction of sp³-hybridized carbons (Fsp3) is 0.368. The van der Waals surface area contributed by atoms with Crippen LogP contribution in [0.4, 0.5) is 0 Å². The molecule has 0 aliphatic carbocycles. The largest absolute Gasteiger partial charge is 0.477 e. The maximum absolute atomic E-state index is 12.8. The van der Waals surface area contributed by atoms with Crippen LogP contribution in [0.5, 0.6) is 0 Å². The second-order valence-electron chi connectivity index (χ2n) is 6.65. The van der Waals surface area contributed by atoms with E-state index in [0.717, 1.165) is 12.2 Å².